The highest BCUT2D eigenvalue weighted by molar-refractivity contribution is 7.11. The molecule has 0 saturated heterocycles. The summed E-state index contributed by atoms with van der Waals surface area (Å²) >= 11 is 1.87. The van der Waals surface area contributed by atoms with E-state index < -0.39 is 0 Å². The van der Waals surface area contributed by atoms with Crippen molar-refractivity contribution in [2.75, 3.05) is 7.05 Å². The minimum absolute atomic E-state index is 0.969. The molecular formula is C11H20N2S. The highest BCUT2D eigenvalue weighted by atomic mass is 32.1. The van der Waals surface area contributed by atoms with Crippen LogP contribution in [-0.2, 0) is 19.4 Å². The van der Waals surface area contributed by atoms with E-state index in [0.717, 1.165) is 19.4 Å². The molecule has 0 aliphatic carbocycles. The van der Waals surface area contributed by atoms with Crippen molar-refractivity contribution < 1.29 is 0 Å². The highest BCUT2D eigenvalue weighted by Crippen LogP contribution is 2.21. The van der Waals surface area contributed by atoms with E-state index >= 15 is 0 Å². The summed E-state index contributed by atoms with van der Waals surface area (Å²) in [6, 6.07) is 0. The minimum Gasteiger partial charge on any atom is -0.315 e. The SMILES string of the molecule is CCCc1nc(CCC)c(CNC)s1. The normalized spacial score (nSPS) is 10.8. The smallest absolute Gasteiger partial charge is 0.0931 e. The van der Waals surface area contributed by atoms with Crippen LogP contribution in [0.4, 0.5) is 0 Å². The first-order valence-electron chi connectivity index (χ1n) is 5.43. The average molecular weight is 212 g/mol. The van der Waals surface area contributed by atoms with Gasteiger partial charge in [0.05, 0.1) is 10.7 Å². The van der Waals surface area contributed by atoms with E-state index in [2.05, 4.69) is 24.1 Å². The third kappa shape index (κ3) is 3.07. The van der Waals surface area contributed by atoms with Gasteiger partial charge in [-0.2, -0.15) is 0 Å². The second-order valence-electron chi connectivity index (χ2n) is 3.51. The first kappa shape index (κ1) is 11.7. The van der Waals surface area contributed by atoms with Crippen LogP contribution in [0.2, 0.25) is 0 Å². The molecule has 1 heterocycles. The summed E-state index contributed by atoms with van der Waals surface area (Å²) in [5.41, 5.74) is 1.32. The van der Waals surface area contributed by atoms with Gasteiger partial charge in [-0.05, 0) is 26.3 Å². The van der Waals surface area contributed by atoms with Crippen LogP contribution in [0.3, 0.4) is 0 Å². The molecule has 2 nitrogen and oxygen atoms in total. The van der Waals surface area contributed by atoms with Gasteiger partial charge in [-0.1, -0.05) is 20.3 Å². The zero-order valence-corrected chi connectivity index (χ0v) is 10.2. The molecule has 0 aromatic carbocycles. The van der Waals surface area contributed by atoms with Crippen LogP contribution in [0.25, 0.3) is 0 Å². The minimum atomic E-state index is 0.969. The van der Waals surface area contributed by atoms with Crippen LogP contribution < -0.4 is 5.32 Å². The predicted octanol–water partition coefficient (Wildman–Crippen LogP) is 2.77. The van der Waals surface area contributed by atoms with Crippen molar-refractivity contribution in [3.8, 4) is 0 Å². The Morgan fingerprint density at radius 1 is 1.21 bits per heavy atom. The van der Waals surface area contributed by atoms with Gasteiger partial charge in [-0.3, -0.25) is 0 Å². The number of thiazole rings is 1. The lowest BCUT2D eigenvalue weighted by Gasteiger charge is -1.98. The van der Waals surface area contributed by atoms with Crippen molar-refractivity contribution in [1.29, 1.82) is 0 Å². The molecule has 1 aromatic heterocycles. The van der Waals surface area contributed by atoms with E-state index in [-0.39, 0.29) is 0 Å². The van der Waals surface area contributed by atoms with Crippen LogP contribution in [-0.4, -0.2) is 12.0 Å². The van der Waals surface area contributed by atoms with Crippen molar-refractivity contribution >= 4 is 11.3 Å². The maximum atomic E-state index is 4.69. The van der Waals surface area contributed by atoms with Crippen molar-refractivity contribution in [3.63, 3.8) is 0 Å². The van der Waals surface area contributed by atoms with Crippen molar-refractivity contribution in [3.05, 3.63) is 15.6 Å². The maximum Gasteiger partial charge on any atom is 0.0931 e. The lowest BCUT2D eigenvalue weighted by atomic mass is 10.2. The Hall–Kier alpha value is -0.410. The summed E-state index contributed by atoms with van der Waals surface area (Å²) in [4.78, 5) is 6.12. The summed E-state index contributed by atoms with van der Waals surface area (Å²) < 4.78 is 0. The number of nitrogens with zero attached hydrogens (tertiary/aromatic N) is 1. The summed E-state index contributed by atoms with van der Waals surface area (Å²) in [5.74, 6) is 0. The van der Waals surface area contributed by atoms with Gasteiger partial charge in [0.1, 0.15) is 0 Å². The number of aromatic nitrogens is 1. The lowest BCUT2D eigenvalue weighted by Crippen LogP contribution is -2.05. The monoisotopic (exact) mass is 212 g/mol. The number of aryl methyl sites for hydroxylation is 2. The Morgan fingerprint density at radius 2 is 1.93 bits per heavy atom. The molecule has 14 heavy (non-hydrogen) atoms. The van der Waals surface area contributed by atoms with Crippen LogP contribution in [0.1, 0.15) is 42.3 Å². The van der Waals surface area contributed by atoms with Crippen molar-refractivity contribution in [2.45, 2.75) is 46.1 Å². The summed E-state index contributed by atoms with van der Waals surface area (Å²) in [6.45, 7) is 5.39. The van der Waals surface area contributed by atoms with E-state index in [0.29, 0.717) is 0 Å². The van der Waals surface area contributed by atoms with Gasteiger partial charge in [-0.25, -0.2) is 4.98 Å². The van der Waals surface area contributed by atoms with Crippen molar-refractivity contribution in [1.82, 2.24) is 10.3 Å². The molecule has 0 radical (unpaired) electrons. The van der Waals surface area contributed by atoms with Gasteiger partial charge in [0.25, 0.3) is 0 Å². The molecule has 0 unspecified atom stereocenters. The Morgan fingerprint density at radius 3 is 2.50 bits per heavy atom. The van der Waals surface area contributed by atoms with Gasteiger partial charge in [0.15, 0.2) is 0 Å². The summed E-state index contributed by atoms with van der Waals surface area (Å²) in [7, 11) is 1.99. The predicted molar refractivity (Wildman–Crippen MR) is 62.9 cm³/mol. The second kappa shape index (κ2) is 6.14. The van der Waals surface area contributed by atoms with Gasteiger partial charge in [0.2, 0.25) is 0 Å². The average Bonchev–Trinajstić information content (AvgIpc) is 2.50. The molecule has 80 valence electrons. The third-order valence-electron chi connectivity index (χ3n) is 2.11. The Bertz CT molecular complexity index is 245. The lowest BCUT2D eigenvalue weighted by molar-refractivity contribution is 0.793. The zero-order valence-electron chi connectivity index (χ0n) is 9.39. The van der Waals surface area contributed by atoms with Gasteiger partial charge in [0, 0.05) is 11.4 Å². The molecule has 0 atom stereocenters. The highest BCUT2D eigenvalue weighted by Gasteiger charge is 2.08. The first-order chi connectivity index (χ1) is 6.81. The van der Waals surface area contributed by atoms with Crippen LogP contribution in [0.15, 0.2) is 0 Å². The zero-order chi connectivity index (χ0) is 10.4. The number of hydrogen-bond donors (Lipinski definition) is 1. The Kier molecular flexibility index (Phi) is 5.12. The van der Waals surface area contributed by atoms with Crippen LogP contribution in [0, 0.1) is 0 Å². The molecule has 1 N–H and O–H groups in total. The van der Waals surface area contributed by atoms with E-state index in [9.17, 15) is 0 Å². The largest absolute Gasteiger partial charge is 0.315 e. The molecule has 1 rings (SSSR count). The number of rotatable bonds is 6. The van der Waals surface area contributed by atoms with Gasteiger partial charge in [-0.15, -0.1) is 11.3 Å². The summed E-state index contributed by atoms with van der Waals surface area (Å²) in [5, 5.41) is 4.52. The second-order valence-corrected chi connectivity index (χ2v) is 4.68. The fourth-order valence-electron chi connectivity index (χ4n) is 1.49. The van der Waals surface area contributed by atoms with E-state index in [1.165, 1.54) is 28.4 Å². The molecule has 0 aliphatic rings. The quantitative estimate of drug-likeness (QED) is 0.784. The topological polar surface area (TPSA) is 24.9 Å². The van der Waals surface area contributed by atoms with Gasteiger partial charge < -0.3 is 5.32 Å². The Balaban J connectivity index is 2.76. The molecule has 0 amide bonds. The van der Waals surface area contributed by atoms with Crippen LogP contribution >= 0.6 is 11.3 Å². The molecule has 1 aromatic rings. The molecular weight excluding hydrogens is 192 g/mol. The molecule has 3 heteroatoms. The van der Waals surface area contributed by atoms with Gasteiger partial charge >= 0.3 is 0 Å². The maximum absolute atomic E-state index is 4.69. The first-order valence-corrected chi connectivity index (χ1v) is 6.25. The number of nitrogens with one attached hydrogen (secondary N) is 1. The van der Waals surface area contributed by atoms with Crippen LogP contribution in [0.5, 0.6) is 0 Å². The van der Waals surface area contributed by atoms with E-state index in [1.807, 2.05) is 18.4 Å². The fraction of sp³-hybridized carbons (Fsp3) is 0.727. The fourth-order valence-corrected chi connectivity index (χ4v) is 2.72. The van der Waals surface area contributed by atoms with Crippen molar-refractivity contribution in [2.24, 2.45) is 0 Å². The number of hydrogen-bond acceptors (Lipinski definition) is 3. The standard InChI is InChI=1S/C11H20N2S/c1-4-6-9-10(8-12-3)14-11(13-9)7-5-2/h12H,4-8H2,1-3H3. The third-order valence-corrected chi connectivity index (χ3v) is 3.27. The summed E-state index contributed by atoms with van der Waals surface area (Å²) in [6.07, 6.45) is 4.63. The molecule has 0 fully saturated rings. The van der Waals surface area contributed by atoms with E-state index in [4.69, 9.17) is 0 Å². The molecule has 0 bridgehead atoms. The molecule has 0 aliphatic heterocycles. The molecule has 0 spiro atoms. The van der Waals surface area contributed by atoms with E-state index in [1.54, 1.807) is 0 Å². The molecule has 0 saturated carbocycles. The Labute approximate surface area is 90.8 Å².